The van der Waals surface area contributed by atoms with Gasteiger partial charge >= 0.3 is 0 Å². The summed E-state index contributed by atoms with van der Waals surface area (Å²) in [6.45, 7) is 1.93. The van der Waals surface area contributed by atoms with Gasteiger partial charge in [-0.05, 0) is 30.2 Å². The normalized spacial score (nSPS) is 12.8. The first kappa shape index (κ1) is 16.3. The molecule has 1 amide bonds. The summed E-state index contributed by atoms with van der Waals surface area (Å²) in [7, 11) is 0. The summed E-state index contributed by atoms with van der Waals surface area (Å²) in [5.74, 6) is 1.41. The summed E-state index contributed by atoms with van der Waals surface area (Å²) in [5.41, 5.74) is 3.16. The first-order valence-electron chi connectivity index (χ1n) is 8.75. The number of ether oxygens (including phenoxy) is 2. The zero-order chi connectivity index (χ0) is 17.8. The monoisotopic (exact) mass is 351 g/mol. The van der Waals surface area contributed by atoms with Crippen molar-refractivity contribution in [3.8, 4) is 11.5 Å². The lowest BCUT2D eigenvalue weighted by Crippen LogP contribution is -2.31. The van der Waals surface area contributed by atoms with Gasteiger partial charge in [-0.3, -0.25) is 4.79 Å². The Labute approximate surface area is 151 Å². The van der Waals surface area contributed by atoms with Crippen molar-refractivity contribution in [2.24, 2.45) is 0 Å². The number of anilines is 1. The number of fused-ring (bicyclic) bond motifs is 2. The molecule has 0 fully saturated rings. The molecule has 134 valence electrons. The predicted octanol–water partition coefficient (Wildman–Crippen LogP) is 2.71. The van der Waals surface area contributed by atoms with E-state index in [0.29, 0.717) is 25.5 Å². The first-order valence-corrected chi connectivity index (χ1v) is 8.75. The second-order valence-corrected chi connectivity index (χ2v) is 6.17. The maximum absolute atomic E-state index is 12.1. The molecule has 0 saturated carbocycles. The van der Waals surface area contributed by atoms with Gasteiger partial charge in [-0.25, -0.2) is 0 Å². The van der Waals surface area contributed by atoms with Crippen LogP contribution in [0.15, 0.2) is 48.7 Å². The van der Waals surface area contributed by atoms with Crippen molar-refractivity contribution < 1.29 is 14.3 Å². The van der Waals surface area contributed by atoms with Crippen molar-refractivity contribution in [1.29, 1.82) is 0 Å². The lowest BCUT2D eigenvalue weighted by atomic mass is 10.1. The van der Waals surface area contributed by atoms with E-state index >= 15 is 0 Å². The third kappa shape index (κ3) is 3.59. The molecular formula is C20H21N3O3. The van der Waals surface area contributed by atoms with Crippen LogP contribution in [0.3, 0.4) is 0 Å². The largest absolute Gasteiger partial charge is 0.486 e. The Morgan fingerprint density at radius 1 is 1.08 bits per heavy atom. The summed E-state index contributed by atoms with van der Waals surface area (Å²) in [6, 6.07) is 13.8. The third-order valence-electron chi connectivity index (χ3n) is 4.39. The van der Waals surface area contributed by atoms with Crippen LogP contribution in [0.2, 0.25) is 0 Å². The maximum Gasteiger partial charge on any atom is 0.239 e. The molecule has 2 aromatic carbocycles. The number of amides is 1. The van der Waals surface area contributed by atoms with Crippen molar-refractivity contribution in [3.63, 3.8) is 0 Å². The van der Waals surface area contributed by atoms with E-state index in [1.54, 1.807) is 0 Å². The molecule has 6 heteroatoms. The Balaban J connectivity index is 1.25. The zero-order valence-corrected chi connectivity index (χ0v) is 14.4. The molecule has 1 aromatic heterocycles. The highest BCUT2D eigenvalue weighted by Gasteiger charge is 2.12. The number of para-hydroxylation sites is 1. The summed E-state index contributed by atoms with van der Waals surface area (Å²) < 4.78 is 11.0. The molecule has 1 aliphatic heterocycles. The Bertz CT molecular complexity index is 920. The van der Waals surface area contributed by atoms with Crippen LogP contribution in [0.5, 0.6) is 11.5 Å². The van der Waals surface area contributed by atoms with E-state index < -0.39 is 0 Å². The summed E-state index contributed by atoms with van der Waals surface area (Å²) in [6.07, 6.45) is 2.80. The van der Waals surface area contributed by atoms with Crippen LogP contribution >= 0.6 is 0 Å². The highest BCUT2D eigenvalue weighted by Crippen LogP contribution is 2.32. The van der Waals surface area contributed by atoms with Gasteiger partial charge in [-0.2, -0.15) is 0 Å². The lowest BCUT2D eigenvalue weighted by Gasteiger charge is -2.19. The maximum atomic E-state index is 12.1. The highest BCUT2D eigenvalue weighted by atomic mass is 16.6. The molecule has 3 aromatic rings. The van der Waals surface area contributed by atoms with Gasteiger partial charge in [0.15, 0.2) is 11.5 Å². The van der Waals surface area contributed by atoms with Gasteiger partial charge in [0.05, 0.1) is 6.54 Å². The van der Waals surface area contributed by atoms with Crippen molar-refractivity contribution in [2.45, 2.75) is 6.42 Å². The van der Waals surface area contributed by atoms with Crippen molar-refractivity contribution in [1.82, 2.24) is 10.3 Å². The molecule has 0 spiro atoms. The number of H-pyrrole nitrogens is 1. The van der Waals surface area contributed by atoms with Crippen LogP contribution in [-0.2, 0) is 11.2 Å². The second kappa shape index (κ2) is 7.39. The van der Waals surface area contributed by atoms with Gasteiger partial charge in [-0.15, -0.1) is 0 Å². The quantitative estimate of drug-likeness (QED) is 0.638. The average molecular weight is 351 g/mol. The summed E-state index contributed by atoms with van der Waals surface area (Å²) in [4.78, 5) is 15.3. The van der Waals surface area contributed by atoms with E-state index in [1.165, 1.54) is 10.9 Å². The number of hydrogen-bond donors (Lipinski definition) is 3. The lowest BCUT2D eigenvalue weighted by molar-refractivity contribution is -0.119. The van der Waals surface area contributed by atoms with E-state index in [2.05, 4.69) is 27.8 Å². The fraction of sp³-hybridized carbons (Fsp3) is 0.250. The minimum atomic E-state index is -0.0419. The van der Waals surface area contributed by atoms with Crippen molar-refractivity contribution >= 4 is 22.5 Å². The number of carbonyl (C=O) groups is 1. The molecule has 26 heavy (non-hydrogen) atoms. The van der Waals surface area contributed by atoms with Crippen LogP contribution in [-0.4, -0.2) is 37.2 Å². The van der Waals surface area contributed by atoms with Crippen molar-refractivity contribution in [3.05, 3.63) is 54.2 Å². The molecule has 0 bridgehead atoms. The van der Waals surface area contributed by atoms with E-state index in [-0.39, 0.29) is 12.5 Å². The minimum absolute atomic E-state index is 0.0419. The van der Waals surface area contributed by atoms with Crippen LogP contribution in [0.25, 0.3) is 10.9 Å². The van der Waals surface area contributed by atoms with Gasteiger partial charge in [0.2, 0.25) is 5.91 Å². The van der Waals surface area contributed by atoms with Crippen LogP contribution < -0.4 is 20.1 Å². The predicted molar refractivity (Wildman–Crippen MR) is 101 cm³/mol. The molecule has 6 nitrogen and oxygen atoms in total. The minimum Gasteiger partial charge on any atom is -0.486 e. The van der Waals surface area contributed by atoms with E-state index in [9.17, 15) is 4.79 Å². The van der Waals surface area contributed by atoms with Gasteiger partial charge in [-0.1, -0.05) is 18.2 Å². The molecule has 1 aliphatic rings. The molecule has 2 heterocycles. The van der Waals surface area contributed by atoms with Gasteiger partial charge in [0.25, 0.3) is 0 Å². The number of carbonyl (C=O) groups excluding carboxylic acids is 1. The standard InChI is InChI=1S/C20H21N3O3/c24-20(13-22-15-5-6-18-19(11-15)26-10-9-25-18)21-8-7-14-12-23-17-4-2-1-3-16(14)17/h1-6,11-12,22-23H,7-10,13H2,(H,21,24). The molecule has 0 saturated heterocycles. The Kier molecular flexibility index (Phi) is 4.64. The number of rotatable bonds is 6. The number of aromatic nitrogens is 1. The number of benzene rings is 2. The summed E-state index contributed by atoms with van der Waals surface area (Å²) in [5, 5.41) is 7.27. The molecule has 0 aliphatic carbocycles. The number of nitrogens with one attached hydrogen (secondary N) is 3. The Morgan fingerprint density at radius 2 is 1.92 bits per heavy atom. The van der Waals surface area contributed by atoms with E-state index in [0.717, 1.165) is 23.4 Å². The number of hydrogen-bond acceptors (Lipinski definition) is 4. The highest BCUT2D eigenvalue weighted by molar-refractivity contribution is 5.83. The SMILES string of the molecule is O=C(CNc1ccc2c(c1)OCCO2)NCCc1c[nH]c2ccccc12. The van der Waals surface area contributed by atoms with E-state index in [1.807, 2.05) is 36.5 Å². The Morgan fingerprint density at radius 3 is 2.85 bits per heavy atom. The first-order chi connectivity index (χ1) is 12.8. The number of aromatic amines is 1. The Hall–Kier alpha value is -3.15. The second-order valence-electron chi connectivity index (χ2n) is 6.17. The van der Waals surface area contributed by atoms with Crippen LogP contribution in [0, 0.1) is 0 Å². The molecule has 0 atom stereocenters. The third-order valence-corrected chi connectivity index (χ3v) is 4.39. The van der Waals surface area contributed by atoms with Gasteiger partial charge in [0, 0.05) is 35.4 Å². The fourth-order valence-corrected chi connectivity index (χ4v) is 3.07. The van der Waals surface area contributed by atoms with Crippen LogP contribution in [0.4, 0.5) is 5.69 Å². The fourth-order valence-electron chi connectivity index (χ4n) is 3.07. The molecular weight excluding hydrogens is 330 g/mol. The molecule has 0 radical (unpaired) electrons. The van der Waals surface area contributed by atoms with Gasteiger partial charge < -0.3 is 25.1 Å². The summed E-state index contributed by atoms with van der Waals surface area (Å²) >= 11 is 0. The van der Waals surface area contributed by atoms with Gasteiger partial charge in [0.1, 0.15) is 13.2 Å². The average Bonchev–Trinajstić information content (AvgIpc) is 3.09. The molecule has 4 rings (SSSR count). The smallest absolute Gasteiger partial charge is 0.239 e. The molecule has 0 unspecified atom stereocenters. The van der Waals surface area contributed by atoms with E-state index in [4.69, 9.17) is 9.47 Å². The molecule has 3 N–H and O–H groups in total. The zero-order valence-electron chi connectivity index (χ0n) is 14.4. The van der Waals surface area contributed by atoms with Crippen LogP contribution in [0.1, 0.15) is 5.56 Å². The van der Waals surface area contributed by atoms with Crippen molar-refractivity contribution in [2.75, 3.05) is 31.6 Å². The topological polar surface area (TPSA) is 75.4 Å².